The van der Waals surface area contributed by atoms with Gasteiger partial charge in [-0.1, -0.05) is 19.8 Å². The van der Waals surface area contributed by atoms with Gasteiger partial charge in [0.1, 0.15) is 12.1 Å². The zero-order valence-corrected chi connectivity index (χ0v) is 12.1. The molecule has 1 heterocycles. The van der Waals surface area contributed by atoms with Gasteiger partial charge in [0, 0.05) is 24.1 Å². The number of fused-ring (bicyclic) bond motifs is 1. The highest BCUT2D eigenvalue weighted by molar-refractivity contribution is 5.92. The Morgan fingerprint density at radius 2 is 2.14 bits per heavy atom. The number of nitro groups is 1. The number of nitrogens with zero attached hydrogens (tertiary/aromatic N) is 3. The standard InChI is InChI=1S/C14H18N4O3/c1-3-4-5-6-15-14-10-7-12(18(19)20)13(21-2)8-11(10)16-9-17-14/h7-9H,3-6H2,1-2H3,(H,15,16,17). The van der Waals surface area contributed by atoms with Crippen molar-refractivity contribution in [1.29, 1.82) is 0 Å². The molecule has 7 heteroatoms. The van der Waals surface area contributed by atoms with Crippen molar-refractivity contribution in [3.05, 3.63) is 28.6 Å². The highest BCUT2D eigenvalue weighted by atomic mass is 16.6. The number of aromatic nitrogens is 2. The molecular formula is C14H18N4O3. The first-order valence-electron chi connectivity index (χ1n) is 6.88. The largest absolute Gasteiger partial charge is 0.490 e. The van der Waals surface area contributed by atoms with Gasteiger partial charge in [0.15, 0.2) is 5.75 Å². The molecule has 7 nitrogen and oxygen atoms in total. The van der Waals surface area contributed by atoms with Crippen molar-refractivity contribution in [2.24, 2.45) is 0 Å². The summed E-state index contributed by atoms with van der Waals surface area (Å²) in [4.78, 5) is 18.9. The Morgan fingerprint density at radius 3 is 2.81 bits per heavy atom. The zero-order valence-electron chi connectivity index (χ0n) is 12.1. The van der Waals surface area contributed by atoms with Crippen LogP contribution in [0.4, 0.5) is 11.5 Å². The first-order chi connectivity index (χ1) is 10.2. The third kappa shape index (κ3) is 3.36. The Balaban J connectivity index is 2.38. The molecule has 0 fully saturated rings. The smallest absolute Gasteiger partial charge is 0.311 e. The van der Waals surface area contributed by atoms with Crippen molar-refractivity contribution in [3.8, 4) is 5.75 Å². The normalized spacial score (nSPS) is 10.6. The molecule has 112 valence electrons. The van der Waals surface area contributed by atoms with Gasteiger partial charge < -0.3 is 10.1 Å². The fraction of sp³-hybridized carbons (Fsp3) is 0.429. The summed E-state index contributed by atoms with van der Waals surface area (Å²) in [6, 6.07) is 3.02. The second kappa shape index (κ2) is 6.83. The summed E-state index contributed by atoms with van der Waals surface area (Å²) in [6.07, 6.45) is 4.73. The minimum absolute atomic E-state index is 0.0867. The lowest BCUT2D eigenvalue weighted by molar-refractivity contribution is -0.385. The lowest BCUT2D eigenvalue weighted by Gasteiger charge is -2.09. The Hall–Kier alpha value is -2.44. The third-order valence-corrected chi connectivity index (χ3v) is 3.21. The highest BCUT2D eigenvalue weighted by Crippen LogP contribution is 2.33. The minimum atomic E-state index is -0.466. The molecule has 1 aromatic heterocycles. The number of benzene rings is 1. The van der Waals surface area contributed by atoms with Crippen LogP contribution in [-0.4, -0.2) is 28.5 Å². The molecule has 0 atom stereocenters. The van der Waals surface area contributed by atoms with E-state index in [1.165, 1.54) is 19.5 Å². The number of nitrogens with one attached hydrogen (secondary N) is 1. The Bertz CT molecular complexity index is 645. The van der Waals surface area contributed by atoms with Crippen molar-refractivity contribution >= 4 is 22.4 Å². The second-order valence-corrected chi connectivity index (χ2v) is 4.65. The minimum Gasteiger partial charge on any atom is -0.490 e. The molecule has 0 saturated carbocycles. The topological polar surface area (TPSA) is 90.2 Å². The van der Waals surface area contributed by atoms with Crippen LogP contribution in [0.1, 0.15) is 26.2 Å². The molecule has 0 bridgehead atoms. The van der Waals surface area contributed by atoms with Gasteiger partial charge in [-0.15, -0.1) is 0 Å². The van der Waals surface area contributed by atoms with Gasteiger partial charge in [0.05, 0.1) is 17.5 Å². The zero-order chi connectivity index (χ0) is 15.2. The summed E-state index contributed by atoms with van der Waals surface area (Å²) >= 11 is 0. The highest BCUT2D eigenvalue weighted by Gasteiger charge is 2.18. The van der Waals surface area contributed by atoms with E-state index in [0.29, 0.717) is 16.7 Å². The summed E-state index contributed by atoms with van der Waals surface area (Å²) in [5.74, 6) is 0.810. The quantitative estimate of drug-likeness (QED) is 0.478. The predicted molar refractivity (Wildman–Crippen MR) is 80.8 cm³/mol. The van der Waals surface area contributed by atoms with E-state index >= 15 is 0 Å². The fourth-order valence-electron chi connectivity index (χ4n) is 2.10. The van der Waals surface area contributed by atoms with Crippen LogP contribution in [0.3, 0.4) is 0 Å². The van der Waals surface area contributed by atoms with Crippen molar-refractivity contribution in [2.45, 2.75) is 26.2 Å². The van der Waals surface area contributed by atoms with Crippen LogP contribution >= 0.6 is 0 Å². The van der Waals surface area contributed by atoms with Crippen LogP contribution in [0.2, 0.25) is 0 Å². The Kier molecular flexibility index (Phi) is 4.86. The lowest BCUT2D eigenvalue weighted by Crippen LogP contribution is -2.04. The molecule has 0 aliphatic carbocycles. The van der Waals surface area contributed by atoms with E-state index < -0.39 is 4.92 Å². The molecule has 21 heavy (non-hydrogen) atoms. The number of hydrogen-bond acceptors (Lipinski definition) is 6. The van der Waals surface area contributed by atoms with Gasteiger partial charge in [-0.3, -0.25) is 10.1 Å². The Labute approximate surface area is 122 Å². The maximum atomic E-state index is 11.1. The number of hydrogen-bond donors (Lipinski definition) is 1. The van der Waals surface area contributed by atoms with E-state index in [1.54, 1.807) is 6.07 Å². The van der Waals surface area contributed by atoms with Gasteiger partial charge in [0.2, 0.25) is 0 Å². The molecule has 0 aliphatic heterocycles. The van der Waals surface area contributed by atoms with E-state index in [0.717, 1.165) is 25.8 Å². The summed E-state index contributed by atoms with van der Waals surface area (Å²) in [5, 5.41) is 14.9. The fourth-order valence-corrected chi connectivity index (χ4v) is 2.10. The van der Waals surface area contributed by atoms with Crippen LogP contribution in [0, 0.1) is 10.1 Å². The monoisotopic (exact) mass is 290 g/mol. The number of unbranched alkanes of at least 4 members (excludes halogenated alkanes) is 2. The van der Waals surface area contributed by atoms with Crippen molar-refractivity contribution in [1.82, 2.24) is 9.97 Å². The molecule has 0 aliphatic rings. The number of methoxy groups -OCH3 is 1. The van der Waals surface area contributed by atoms with E-state index in [9.17, 15) is 10.1 Å². The van der Waals surface area contributed by atoms with Gasteiger partial charge in [0.25, 0.3) is 0 Å². The van der Waals surface area contributed by atoms with E-state index in [2.05, 4.69) is 22.2 Å². The molecule has 0 amide bonds. The van der Waals surface area contributed by atoms with Crippen molar-refractivity contribution < 1.29 is 9.66 Å². The lowest BCUT2D eigenvalue weighted by atomic mass is 10.2. The molecule has 0 saturated heterocycles. The Morgan fingerprint density at radius 1 is 1.33 bits per heavy atom. The molecule has 2 rings (SSSR count). The number of rotatable bonds is 7. The van der Waals surface area contributed by atoms with Crippen LogP contribution < -0.4 is 10.1 Å². The summed E-state index contributed by atoms with van der Waals surface area (Å²) < 4.78 is 5.05. The molecule has 1 aromatic carbocycles. The SMILES string of the molecule is CCCCCNc1ncnc2cc(OC)c([N+](=O)[O-])cc12. The van der Waals surface area contributed by atoms with Crippen LogP contribution in [0.25, 0.3) is 10.9 Å². The first-order valence-corrected chi connectivity index (χ1v) is 6.88. The van der Waals surface area contributed by atoms with Gasteiger partial charge in [-0.25, -0.2) is 9.97 Å². The van der Waals surface area contributed by atoms with Gasteiger partial charge in [-0.2, -0.15) is 0 Å². The molecule has 0 unspecified atom stereocenters. The number of nitro benzene ring substituents is 1. The van der Waals surface area contributed by atoms with Crippen LogP contribution in [0.5, 0.6) is 5.75 Å². The van der Waals surface area contributed by atoms with Gasteiger partial charge >= 0.3 is 5.69 Å². The average molecular weight is 290 g/mol. The van der Waals surface area contributed by atoms with Crippen molar-refractivity contribution in [2.75, 3.05) is 19.0 Å². The first kappa shape index (κ1) is 15.0. The summed E-state index contributed by atoms with van der Waals surface area (Å²) in [6.45, 7) is 2.91. The molecule has 1 N–H and O–H groups in total. The molecule has 2 aromatic rings. The van der Waals surface area contributed by atoms with Crippen LogP contribution in [-0.2, 0) is 0 Å². The van der Waals surface area contributed by atoms with Crippen molar-refractivity contribution in [3.63, 3.8) is 0 Å². The summed E-state index contributed by atoms with van der Waals surface area (Å²) in [5.41, 5.74) is 0.529. The summed E-state index contributed by atoms with van der Waals surface area (Å²) in [7, 11) is 1.40. The molecular weight excluding hydrogens is 272 g/mol. The number of anilines is 1. The third-order valence-electron chi connectivity index (χ3n) is 3.21. The van der Waals surface area contributed by atoms with Gasteiger partial charge in [-0.05, 0) is 6.42 Å². The average Bonchev–Trinajstić information content (AvgIpc) is 2.50. The van der Waals surface area contributed by atoms with E-state index in [4.69, 9.17) is 4.74 Å². The molecule has 0 spiro atoms. The predicted octanol–water partition coefficient (Wildman–Crippen LogP) is 3.15. The van der Waals surface area contributed by atoms with Crippen LogP contribution in [0.15, 0.2) is 18.5 Å². The number of ether oxygens (including phenoxy) is 1. The second-order valence-electron chi connectivity index (χ2n) is 4.65. The maximum Gasteiger partial charge on any atom is 0.311 e. The maximum absolute atomic E-state index is 11.1. The van der Waals surface area contributed by atoms with E-state index in [-0.39, 0.29) is 11.4 Å². The van der Waals surface area contributed by atoms with E-state index in [1.807, 2.05) is 0 Å². The molecule has 0 radical (unpaired) electrons.